The van der Waals surface area contributed by atoms with Gasteiger partial charge in [0.2, 0.25) is 0 Å². The number of hydrogen-bond acceptors (Lipinski definition) is 2. The van der Waals surface area contributed by atoms with Gasteiger partial charge in [-0.15, -0.1) is 0 Å². The number of nitrogens with one attached hydrogen (secondary N) is 1. The number of carbonyl (C=O) groups is 1. The molecule has 4 nitrogen and oxygen atoms in total. The molecule has 2 rings (SSSR count). The van der Waals surface area contributed by atoms with E-state index in [-0.39, 0.29) is 6.03 Å². The molecule has 1 heterocycles. The van der Waals surface area contributed by atoms with E-state index in [2.05, 4.69) is 12.2 Å². The Labute approximate surface area is 110 Å². The molecule has 0 bridgehead atoms. The molecule has 0 aromatic rings. The molecule has 2 amide bonds. The lowest BCUT2D eigenvalue weighted by atomic mass is 10.0. The third-order valence-electron chi connectivity index (χ3n) is 3.74. The van der Waals surface area contributed by atoms with Crippen molar-refractivity contribution in [3.05, 3.63) is 0 Å². The van der Waals surface area contributed by atoms with Gasteiger partial charge in [-0.1, -0.05) is 6.92 Å². The van der Waals surface area contributed by atoms with Crippen LogP contribution >= 0.6 is 0 Å². The highest BCUT2D eigenvalue weighted by Gasteiger charge is 2.21. The monoisotopic (exact) mass is 254 g/mol. The first kappa shape index (κ1) is 13.7. The molecule has 1 saturated heterocycles. The number of carbonyl (C=O) groups excluding carboxylic acids is 1. The molecule has 1 aliphatic heterocycles. The van der Waals surface area contributed by atoms with Crippen LogP contribution in [0.25, 0.3) is 0 Å². The Morgan fingerprint density at radius 2 is 2.22 bits per heavy atom. The third kappa shape index (κ3) is 4.84. The van der Waals surface area contributed by atoms with Gasteiger partial charge in [-0.25, -0.2) is 4.79 Å². The predicted octanol–water partition coefficient (Wildman–Crippen LogP) is 2.24. The van der Waals surface area contributed by atoms with Crippen molar-refractivity contribution in [1.29, 1.82) is 0 Å². The highest BCUT2D eigenvalue weighted by molar-refractivity contribution is 5.74. The fourth-order valence-electron chi connectivity index (χ4n) is 2.39. The maximum Gasteiger partial charge on any atom is 0.317 e. The van der Waals surface area contributed by atoms with Crippen LogP contribution in [0.5, 0.6) is 0 Å². The van der Waals surface area contributed by atoms with Crippen molar-refractivity contribution < 1.29 is 9.53 Å². The van der Waals surface area contributed by atoms with Gasteiger partial charge in [0, 0.05) is 32.8 Å². The summed E-state index contributed by atoms with van der Waals surface area (Å²) in [5.74, 6) is 1.47. The van der Waals surface area contributed by atoms with Gasteiger partial charge >= 0.3 is 6.03 Å². The Bertz CT molecular complexity index is 267. The summed E-state index contributed by atoms with van der Waals surface area (Å²) in [5.41, 5.74) is 0. The van der Waals surface area contributed by atoms with Gasteiger partial charge in [0.05, 0.1) is 0 Å². The molecule has 0 aromatic heterocycles. The lowest BCUT2D eigenvalue weighted by molar-refractivity contribution is 0.121. The zero-order valence-corrected chi connectivity index (χ0v) is 11.5. The molecule has 2 aliphatic rings. The van der Waals surface area contributed by atoms with Crippen molar-refractivity contribution in [3.8, 4) is 0 Å². The third-order valence-corrected chi connectivity index (χ3v) is 3.74. The van der Waals surface area contributed by atoms with Gasteiger partial charge in [-0.3, -0.25) is 0 Å². The number of ether oxygens (including phenoxy) is 1. The first-order chi connectivity index (χ1) is 8.75. The van der Waals surface area contributed by atoms with E-state index in [1.807, 2.05) is 4.90 Å². The standard InChI is InChI=1S/C14H26N2O2/c1-12-4-2-8-16(10-12)14(17)15-7-3-9-18-11-13-5-6-13/h12-13H,2-11H2,1H3,(H,15,17). The van der Waals surface area contributed by atoms with Gasteiger partial charge in [-0.05, 0) is 43.9 Å². The lowest BCUT2D eigenvalue weighted by Crippen LogP contribution is -2.45. The first-order valence-electron chi connectivity index (χ1n) is 7.36. The normalized spacial score (nSPS) is 24.1. The summed E-state index contributed by atoms with van der Waals surface area (Å²) in [6, 6.07) is 0.101. The second-order valence-electron chi connectivity index (χ2n) is 5.80. The van der Waals surface area contributed by atoms with Crippen molar-refractivity contribution >= 4 is 6.03 Å². The smallest absolute Gasteiger partial charge is 0.317 e. The zero-order valence-electron chi connectivity index (χ0n) is 11.5. The summed E-state index contributed by atoms with van der Waals surface area (Å²) in [4.78, 5) is 13.8. The van der Waals surface area contributed by atoms with E-state index < -0.39 is 0 Å². The van der Waals surface area contributed by atoms with E-state index in [9.17, 15) is 4.79 Å². The fourth-order valence-corrected chi connectivity index (χ4v) is 2.39. The number of hydrogen-bond donors (Lipinski definition) is 1. The quantitative estimate of drug-likeness (QED) is 0.739. The molecule has 1 aliphatic carbocycles. The van der Waals surface area contributed by atoms with Gasteiger partial charge in [-0.2, -0.15) is 0 Å². The molecule has 18 heavy (non-hydrogen) atoms. The molecule has 4 heteroatoms. The number of urea groups is 1. The number of nitrogens with zero attached hydrogens (tertiary/aromatic N) is 1. The van der Waals surface area contributed by atoms with E-state index in [0.29, 0.717) is 5.92 Å². The van der Waals surface area contributed by atoms with Crippen molar-refractivity contribution in [2.45, 2.75) is 39.0 Å². The molecule has 104 valence electrons. The summed E-state index contributed by atoms with van der Waals surface area (Å²) < 4.78 is 5.54. The molecular formula is C14H26N2O2. The Balaban J connectivity index is 1.48. The van der Waals surface area contributed by atoms with E-state index >= 15 is 0 Å². The SMILES string of the molecule is CC1CCCN(C(=O)NCCCOCC2CC2)C1. The summed E-state index contributed by atoms with van der Waals surface area (Å²) in [5, 5.41) is 2.98. The number of likely N-dealkylation sites (tertiary alicyclic amines) is 1. The Morgan fingerprint density at radius 3 is 2.94 bits per heavy atom. The Kier molecular flexibility index (Phi) is 5.29. The van der Waals surface area contributed by atoms with E-state index in [4.69, 9.17) is 4.74 Å². The van der Waals surface area contributed by atoms with Crippen molar-refractivity contribution in [1.82, 2.24) is 10.2 Å². The van der Waals surface area contributed by atoms with Crippen LogP contribution in [-0.4, -0.2) is 43.8 Å². The Hall–Kier alpha value is -0.770. The average Bonchev–Trinajstić information content (AvgIpc) is 3.17. The molecule has 0 spiro atoms. The van der Waals surface area contributed by atoms with Crippen LogP contribution in [-0.2, 0) is 4.74 Å². The summed E-state index contributed by atoms with van der Waals surface area (Å²) in [6.45, 7) is 6.45. The van der Waals surface area contributed by atoms with Crippen LogP contribution in [0.15, 0.2) is 0 Å². The minimum Gasteiger partial charge on any atom is -0.381 e. The van der Waals surface area contributed by atoms with Crippen LogP contribution in [0.1, 0.15) is 39.0 Å². The molecule has 1 N–H and O–H groups in total. The van der Waals surface area contributed by atoms with Crippen LogP contribution in [0.3, 0.4) is 0 Å². The average molecular weight is 254 g/mol. The second-order valence-corrected chi connectivity index (χ2v) is 5.80. The largest absolute Gasteiger partial charge is 0.381 e. The van der Waals surface area contributed by atoms with Gasteiger partial charge in [0.1, 0.15) is 0 Å². The maximum absolute atomic E-state index is 11.9. The van der Waals surface area contributed by atoms with E-state index in [0.717, 1.165) is 51.6 Å². The number of rotatable bonds is 6. The highest BCUT2D eigenvalue weighted by Crippen LogP contribution is 2.28. The fraction of sp³-hybridized carbons (Fsp3) is 0.929. The molecule has 0 aromatic carbocycles. The second kappa shape index (κ2) is 6.98. The summed E-state index contributed by atoms with van der Waals surface area (Å²) in [6.07, 6.45) is 5.98. The van der Waals surface area contributed by atoms with Crippen LogP contribution in [0, 0.1) is 11.8 Å². The topological polar surface area (TPSA) is 41.6 Å². The van der Waals surface area contributed by atoms with Crippen molar-refractivity contribution in [2.75, 3.05) is 32.8 Å². The Morgan fingerprint density at radius 1 is 1.39 bits per heavy atom. The summed E-state index contributed by atoms with van der Waals surface area (Å²) in [7, 11) is 0. The minimum absolute atomic E-state index is 0.101. The van der Waals surface area contributed by atoms with Crippen LogP contribution in [0.2, 0.25) is 0 Å². The molecule has 1 atom stereocenters. The maximum atomic E-state index is 11.9. The van der Waals surface area contributed by atoms with E-state index in [1.165, 1.54) is 19.3 Å². The van der Waals surface area contributed by atoms with Crippen LogP contribution < -0.4 is 5.32 Å². The molecule has 2 fully saturated rings. The van der Waals surface area contributed by atoms with Crippen molar-refractivity contribution in [2.24, 2.45) is 11.8 Å². The molecule has 0 radical (unpaired) electrons. The first-order valence-corrected chi connectivity index (χ1v) is 7.36. The zero-order chi connectivity index (χ0) is 12.8. The molecular weight excluding hydrogens is 228 g/mol. The van der Waals surface area contributed by atoms with E-state index in [1.54, 1.807) is 0 Å². The molecule has 1 unspecified atom stereocenters. The van der Waals surface area contributed by atoms with Gasteiger partial charge in [0.25, 0.3) is 0 Å². The van der Waals surface area contributed by atoms with Crippen LogP contribution in [0.4, 0.5) is 4.79 Å². The number of amides is 2. The molecule has 1 saturated carbocycles. The lowest BCUT2D eigenvalue weighted by Gasteiger charge is -2.30. The van der Waals surface area contributed by atoms with Gasteiger partial charge < -0.3 is 15.0 Å². The summed E-state index contributed by atoms with van der Waals surface area (Å²) >= 11 is 0. The predicted molar refractivity (Wildman–Crippen MR) is 71.5 cm³/mol. The van der Waals surface area contributed by atoms with Crippen molar-refractivity contribution in [3.63, 3.8) is 0 Å². The minimum atomic E-state index is 0.101. The van der Waals surface area contributed by atoms with Gasteiger partial charge in [0.15, 0.2) is 0 Å². The highest BCUT2D eigenvalue weighted by atomic mass is 16.5. The number of piperidine rings is 1.